The molecule has 0 fully saturated rings. The van der Waals surface area contributed by atoms with Gasteiger partial charge in [0.05, 0.1) is 6.61 Å². The van der Waals surface area contributed by atoms with Gasteiger partial charge in [0.15, 0.2) is 0 Å². The molecular formula is C5H8Cl2O4S. The molecule has 0 aliphatic carbocycles. The Kier molecular flexibility index (Phi) is 3.81. The fourth-order valence-electron chi connectivity index (χ4n) is 0.360. The Labute approximate surface area is 80.2 Å². The third-order valence-electron chi connectivity index (χ3n) is 1.10. The van der Waals surface area contributed by atoms with Crippen LogP contribution < -0.4 is 0 Å². The van der Waals surface area contributed by atoms with Gasteiger partial charge in [-0.05, 0) is 13.8 Å². The molecule has 0 bridgehead atoms. The number of halogens is 2. The zero-order chi connectivity index (χ0) is 9.99. The molecule has 0 saturated heterocycles. The van der Waals surface area contributed by atoms with Crippen LogP contribution in [-0.2, 0) is 18.6 Å². The Morgan fingerprint density at radius 2 is 2.00 bits per heavy atom. The molecule has 0 heterocycles. The van der Waals surface area contributed by atoms with Crippen LogP contribution in [0.1, 0.15) is 13.8 Å². The van der Waals surface area contributed by atoms with Gasteiger partial charge in [-0.3, -0.25) is 0 Å². The van der Waals surface area contributed by atoms with Gasteiger partial charge in [0.2, 0.25) is 0 Å². The van der Waals surface area contributed by atoms with Gasteiger partial charge < -0.3 is 4.74 Å². The van der Waals surface area contributed by atoms with Crippen molar-refractivity contribution in [1.29, 1.82) is 0 Å². The lowest BCUT2D eigenvalue weighted by Gasteiger charge is -2.15. The molecule has 0 aromatic carbocycles. The molecule has 4 nitrogen and oxygen atoms in total. The zero-order valence-electron chi connectivity index (χ0n) is 6.50. The molecule has 0 rings (SSSR count). The molecule has 0 aromatic heterocycles. The van der Waals surface area contributed by atoms with Crippen molar-refractivity contribution in [2.24, 2.45) is 0 Å². The van der Waals surface area contributed by atoms with Gasteiger partial charge in [-0.25, -0.2) is 13.2 Å². The molecule has 0 amide bonds. The van der Waals surface area contributed by atoms with E-state index in [0.29, 0.717) is 0 Å². The highest BCUT2D eigenvalue weighted by molar-refractivity contribution is 8.16. The third kappa shape index (κ3) is 2.50. The summed E-state index contributed by atoms with van der Waals surface area (Å²) < 4.78 is 23.6. The average molecular weight is 235 g/mol. The largest absolute Gasteiger partial charge is 0.464 e. The van der Waals surface area contributed by atoms with E-state index in [1.165, 1.54) is 6.92 Å². The van der Waals surface area contributed by atoms with Gasteiger partial charge in [0.1, 0.15) is 0 Å². The van der Waals surface area contributed by atoms with Crippen molar-refractivity contribution >= 4 is 37.3 Å². The number of carbonyl (C=O) groups excluding carboxylic acids is 1. The summed E-state index contributed by atoms with van der Waals surface area (Å²) in [6.07, 6.45) is 0. The Bertz CT molecular complexity index is 269. The van der Waals surface area contributed by atoms with Crippen LogP contribution in [-0.4, -0.2) is 25.2 Å². The zero-order valence-corrected chi connectivity index (χ0v) is 8.83. The second-order valence-corrected chi connectivity index (χ2v) is 5.97. The minimum atomic E-state index is -4.16. The smallest absolute Gasteiger partial charge is 0.343 e. The Morgan fingerprint density at radius 1 is 1.58 bits per heavy atom. The predicted molar refractivity (Wildman–Crippen MR) is 45.7 cm³/mol. The molecule has 0 saturated carbocycles. The van der Waals surface area contributed by atoms with Crippen molar-refractivity contribution in [1.82, 2.24) is 0 Å². The minimum Gasteiger partial charge on any atom is -0.464 e. The first-order valence-electron chi connectivity index (χ1n) is 3.03. The normalized spacial score (nSPS) is 16.7. The quantitative estimate of drug-likeness (QED) is 0.417. The molecule has 0 spiro atoms. The number of rotatable bonds is 3. The van der Waals surface area contributed by atoms with Gasteiger partial charge in [0.25, 0.3) is 13.3 Å². The highest BCUT2D eigenvalue weighted by Gasteiger charge is 2.45. The first-order valence-corrected chi connectivity index (χ1v) is 5.72. The summed E-state index contributed by atoms with van der Waals surface area (Å²) in [5.74, 6) is -1.07. The maximum Gasteiger partial charge on any atom is 0.343 e. The van der Waals surface area contributed by atoms with Crippen LogP contribution in [0.3, 0.4) is 0 Å². The van der Waals surface area contributed by atoms with E-state index in [1.807, 2.05) is 0 Å². The van der Waals surface area contributed by atoms with E-state index < -0.39 is 19.2 Å². The topological polar surface area (TPSA) is 60.4 Å². The van der Waals surface area contributed by atoms with E-state index in [9.17, 15) is 13.2 Å². The lowest BCUT2D eigenvalue weighted by Crippen LogP contribution is -2.36. The molecule has 0 aliphatic heterocycles. The van der Waals surface area contributed by atoms with Gasteiger partial charge in [0, 0.05) is 10.7 Å². The molecule has 0 aliphatic rings. The maximum atomic E-state index is 10.9. The van der Waals surface area contributed by atoms with E-state index >= 15 is 0 Å². The fourth-order valence-corrected chi connectivity index (χ4v) is 0.861. The summed E-state index contributed by atoms with van der Waals surface area (Å²) in [6.45, 7) is 2.55. The number of carbonyl (C=O) groups is 1. The van der Waals surface area contributed by atoms with Crippen LogP contribution in [0, 0.1) is 0 Å². The van der Waals surface area contributed by atoms with Crippen molar-refractivity contribution in [3.63, 3.8) is 0 Å². The summed E-state index contributed by atoms with van der Waals surface area (Å²) in [4.78, 5) is 10.9. The molecule has 1 atom stereocenters. The number of alkyl halides is 1. The third-order valence-corrected chi connectivity index (χ3v) is 4.11. The Morgan fingerprint density at radius 3 is 2.25 bits per heavy atom. The predicted octanol–water partition coefficient (Wildman–Crippen LogP) is 1.07. The van der Waals surface area contributed by atoms with Crippen molar-refractivity contribution in [3.8, 4) is 0 Å². The molecular weight excluding hydrogens is 227 g/mol. The van der Waals surface area contributed by atoms with Crippen molar-refractivity contribution in [3.05, 3.63) is 0 Å². The lowest BCUT2D eigenvalue weighted by molar-refractivity contribution is -0.143. The summed E-state index contributed by atoms with van der Waals surface area (Å²) >= 11 is 5.35. The molecule has 0 radical (unpaired) electrons. The summed E-state index contributed by atoms with van der Waals surface area (Å²) in [5, 5.41) is 0. The van der Waals surface area contributed by atoms with Crippen molar-refractivity contribution in [2.45, 2.75) is 18.1 Å². The van der Waals surface area contributed by atoms with E-state index in [-0.39, 0.29) is 6.61 Å². The average Bonchev–Trinajstić information content (AvgIpc) is 1.85. The van der Waals surface area contributed by atoms with E-state index in [4.69, 9.17) is 22.3 Å². The van der Waals surface area contributed by atoms with Crippen LogP contribution in [0.5, 0.6) is 0 Å². The minimum absolute atomic E-state index is 0.0492. The van der Waals surface area contributed by atoms with Crippen molar-refractivity contribution < 1.29 is 17.9 Å². The van der Waals surface area contributed by atoms with Crippen LogP contribution in [0.2, 0.25) is 0 Å². The SMILES string of the molecule is CCOC(=O)C(C)(Cl)S(=O)(=O)Cl. The fraction of sp³-hybridized carbons (Fsp3) is 0.800. The van der Waals surface area contributed by atoms with Crippen LogP contribution in [0.15, 0.2) is 0 Å². The number of hydrogen-bond donors (Lipinski definition) is 0. The van der Waals surface area contributed by atoms with Crippen LogP contribution >= 0.6 is 22.3 Å². The lowest BCUT2D eigenvalue weighted by atomic mass is 10.5. The second kappa shape index (κ2) is 3.81. The van der Waals surface area contributed by atoms with Crippen molar-refractivity contribution in [2.75, 3.05) is 6.61 Å². The maximum absolute atomic E-state index is 10.9. The molecule has 7 heteroatoms. The van der Waals surface area contributed by atoms with E-state index in [1.54, 1.807) is 0 Å². The summed E-state index contributed by atoms with van der Waals surface area (Å²) in [5.41, 5.74) is 0. The molecule has 72 valence electrons. The number of esters is 1. The molecule has 1 unspecified atom stereocenters. The Hall–Kier alpha value is -0.000000000000000111. The Balaban J connectivity index is 4.75. The van der Waals surface area contributed by atoms with E-state index in [2.05, 4.69) is 4.74 Å². The first-order chi connectivity index (χ1) is 5.23. The van der Waals surface area contributed by atoms with Gasteiger partial charge in [-0.1, -0.05) is 11.6 Å². The van der Waals surface area contributed by atoms with Crippen LogP contribution in [0.4, 0.5) is 0 Å². The standard InChI is InChI=1S/C5H8Cl2O4S/c1-3-11-4(8)5(2,6)12(7,9)10/h3H2,1-2H3. The summed E-state index contributed by atoms with van der Waals surface area (Å²) in [6, 6.07) is 0. The second-order valence-electron chi connectivity index (χ2n) is 2.08. The first kappa shape index (κ1) is 12.0. The van der Waals surface area contributed by atoms with E-state index in [0.717, 1.165) is 6.92 Å². The van der Waals surface area contributed by atoms with Crippen LogP contribution in [0.25, 0.3) is 0 Å². The van der Waals surface area contributed by atoms with Gasteiger partial charge >= 0.3 is 5.97 Å². The van der Waals surface area contributed by atoms with Gasteiger partial charge in [-0.2, -0.15) is 0 Å². The van der Waals surface area contributed by atoms with Gasteiger partial charge in [-0.15, -0.1) is 0 Å². The monoisotopic (exact) mass is 234 g/mol. The molecule has 12 heavy (non-hydrogen) atoms. The number of hydrogen-bond acceptors (Lipinski definition) is 4. The number of ether oxygens (including phenoxy) is 1. The highest BCUT2D eigenvalue weighted by Crippen LogP contribution is 2.27. The summed E-state index contributed by atoms with van der Waals surface area (Å²) in [7, 11) is 0.734. The molecule has 0 aromatic rings. The highest BCUT2D eigenvalue weighted by atomic mass is 35.7. The molecule has 0 N–H and O–H groups in total.